The predicted octanol–water partition coefficient (Wildman–Crippen LogP) is -1.05. The summed E-state index contributed by atoms with van der Waals surface area (Å²) in [6.45, 7) is 2.12. The van der Waals surface area contributed by atoms with E-state index >= 15 is 0 Å². The Morgan fingerprint density at radius 2 is 2.06 bits per heavy atom. The second kappa shape index (κ2) is 10.5. The van der Waals surface area contributed by atoms with Crippen molar-refractivity contribution in [3.05, 3.63) is 51.9 Å². The first-order valence-corrected chi connectivity index (χ1v) is 6.46. The van der Waals surface area contributed by atoms with Gasteiger partial charge in [-0.2, -0.15) is 6.08 Å². The van der Waals surface area contributed by atoms with Crippen molar-refractivity contribution < 1.29 is 51.0 Å². The minimum absolute atomic E-state index is 0. The zero-order valence-electron chi connectivity index (χ0n) is 9.71. The summed E-state index contributed by atoms with van der Waals surface area (Å²) < 4.78 is 1.22. The molecule has 0 aromatic carbocycles. The minimum atomic E-state index is 0. The summed E-state index contributed by atoms with van der Waals surface area (Å²) >= 11 is 5.28. The molecule has 0 N–H and O–H groups in total. The third kappa shape index (κ3) is 5.80. The number of hydrogen-bond acceptors (Lipinski definition) is 1. The van der Waals surface area contributed by atoms with E-state index < -0.39 is 0 Å². The molecule has 0 aromatic heterocycles. The van der Waals surface area contributed by atoms with E-state index in [2.05, 4.69) is 52.5 Å². The third-order valence-corrected chi connectivity index (χ3v) is 4.03. The Labute approximate surface area is 152 Å². The fraction of sp³-hybridized carbons (Fsp3) is 0.154. The zero-order chi connectivity index (χ0) is 10.7. The monoisotopic (exact) mass is 438 g/mol. The third-order valence-electron chi connectivity index (χ3n) is 2.13. The Morgan fingerprint density at radius 1 is 1.33 bits per heavy atom. The van der Waals surface area contributed by atoms with E-state index in [0.29, 0.717) is 0 Å². The van der Waals surface area contributed by atoms with Gasteiger partial charge in [-0.3, -0.25) is 17.4 Å². The minimum Gasteiger partial charge on any atom is -1.00 e. The molecule has 18 heavy (non-hydrogen) atoms. The van der Waals surface area contributed by atoms with Gasteiger partial charge in [-0.25, -0.2) is 12.2 Å². The number of hydrogen-bond donors (Lipinski definition) is 0. The standard InChI is InChI=1S/C8H6BrS.C5H5.2ClH.Zr/c1-5-2-6-7(9)4-10-8(6)3-5;1-2-4-5-3-1;;;/h2-4H,1H3;1-3H,4H2;2*1H;/q2*-1;;;+4/p-2. The van der Waals surface area contributed by atoms with Crippen LogP contribution in [0, 0.1) is 13.0 Å². The number of fused-ring (bicyclic) bond motifs is 1. The van der Waals surface area contributed by atoms with E-state index in [0.717, 1.165) is 6.42 Å². The van der Waals surface area contributed by atoms with Gasteiger partial charge in [0.25, 0.3) is 0 Å². The molecule has 94 valence electrons. The molecule has 0 aromatic rings. The van der Waals surface area contributed by atoms with E-state index in [1.807, 2.05) is 12.2 Å². The summed E-state index contributed by atoms with van der Waals surface area (Å²) in [5, 5.41) is 2.13. The molecule has 2 aliphatic carbocycles. The fourth-order valence-electron chi connectivity index (χ4n) is 1.43. The summed E-state index contributed by atoms with van der Waals surface area (Å²) in [5.41, 5.74) is 2.70. The van der Waals surface area contributed by atoms with E-state index in [1.54, 1.807) is 11.3 Å². The largest absolute Gasteiger partial charge is 4.00 e. The van der Waals surface area contributed by atoms with Crippen LogP contribution < -0.4 is 24.8 Å². The Balaban J connectivity index is 0. The van der Waals surface area contributed by atoms with Gasteiger partial charge in [0, 0.05) is 0 Å². The fourth-order valence-corrected chi connectivity index (χ4v) is 3.07. The molecule has 1 aliphatic heterocycles. The molecular weight excluding hydrogens is 430 g/mol. The molecule has 0 spiro atoms. The molecule has 0 nitrogen and oxygen atoms in total. The van der Waals surface area contributed by atoms with Crippen LogP contribution in [-0.2, 0) is 26.2 Å². The molecule has 3 rings (SSSR count). The molecule has 0 saturated carbocycles. The van der Waals surface area contributed by atoms with Gasteiger partial charge < -0.3 is 24.8 Å². The summed E-state index contributed by atoms with van der Waals surface area (Å²) in [6.07, 6.45) is 10.0. The van der Waals surface area contributed by atoms with E-state index in [-0.39, 0.29) is 51.0 Å². The van der Waals surface area contributed by atoms with Gasteiger partial charge >= 0.3 is 26.2 Å². The average Bonchev–Trinajstić information content (AvgIpc) is 2.87. The van der Waals surface area contributed by atoms with E-state index in [1.165, 1.54) is 20.5 Å². The topological polar surface area (TPSA) is 0 Å². The first-order chi connectivity index (χ1) is 7.27. The van der Waals surface area contributed by atoms with Crippen LogP contribution >= 0.6 is 27.3 Å². The Kier molecular flexibility index (Phi) is 12.3. The number of thiophene rings is 1. The second-order valence-corrected chi connectivity index (χ2v) is 5.16. The van der Waals surface area contributed by atoms with E-state index in [4.69, 9.17) is 0 Å². The normalized spacial score (nSPS) is 11.0. The molecule has 0 saturated heterocycles. The quantitative estimate of drug-likeness (QED) is 0.459. The number of rotatable bonds is 0. The molecule has 0 amide bonds. The zero-order valence-corrected chi connectivity index (χ0v) is 16.1. The van der Waals surface area contributed by atoms with Crippen molar-refractivity contribution in [3.63, 3.8) is 0 Å². The maximum Gasteiger partial charge on any atom is 4.00 e. The molecule has 0 bridgehead atoms. The molecular formula is C13H11BrCl2SZr. The van der Waals surface area contributed by atoms with Crippen LogP contribution in [0.1, 0.15) is 12.0 Å². The SMILES string of the molecule is Cc1cc2s[cH-]c(Br)c-2c1.[C-]1=CC=CC1.[Cl-].[Cl-].[Zr+4]. The van der Waals surface area contributed by atoms with Gasteiger partial charge in [-0.05, 0) is 6.92 Å². The van der Waals surface area contributed by atoms with Crippen LogP contribution in [-0.4, -0.2) is 0 Å². The van der Waals surface area contributed by atoms with Crippen molar-refractivity contribution in [1.82, 2.24) is 0 Å². The summed E-state index contributed by atoms with van der Waals surface area (Å²) in [7, 11) is 0. The molecule has 0 fully saturated rings. The molecule has 5 heteroatoms. The molecule has 0 unspecified atom stereocenters. The van der Waals surface area contributed by atoms with Crippen molar-refractivity contribution in [2.24, 2.45) is 0 Å². The van der Waals surface area contributed by atoms with Gasteiger partial charge in [-0.15, -0.1) is 34.4 Å². The number of aryl methyl sites for hydroxylation is 1. The van der Waals surface area contributed by atoms with Crippen LogP contribution in [0.15, 0.2) is 40.2 Å². The van der Waals surface area contributed by atoms with Gasteiger partial charge in [0.15, 0.2) is 0 Å². The molecule has 3 aliphatic rings. The summed E-state index contributed by atoms with van der Waals surface area (Å²) in [5.74, 6) is 0. The first-order valence-electron chi connectivity index (χ1n) is 4.79. The number of allylic oxidation sites excluding steroid dienone is 4. The van der Waals surface area contributed by atoms with Gasteiger partial charge in [0.05, 0.1) is 0 Å². The summed E-state index contributed by atoms with van der Waals surface area (Å²) in [6, 6.07) is 4.42. The Hall–Kier alpha value is 0.733. The first kappa shape index (κ1) is 21.0. The van der Waals surface area contributed by atoms with Gasteiger partial charge in [0.1, 0.15) is 0 Å². The number of halogens is 3. The van der Waals surface area contributed by atoms with Crippen LogP contribution in [0.25, 0.3) is 10.4 Å². The maximum absolute atomic E-state index is 3.49. The predicted molar refractivity (Wildman–Crippen MR) is 70.5 cm³/mol. The maximum atomic E-state index is 3.49. The van der Waals surface area contributed by atoms with Gasteiger partial charge in [-0.1, -0.05) is 26.0 Å². The van der Waals surface area contributed by atoms with Crippen LogP contribution in [0.2, 0.25) is 0 Å². The summed E-state index contributed by atoms with van der Waals surface area (Å²) in [4.78, 5) is 1.38. The van der Waals surface area contributed by atoms with Crippen LogP contribution in [0.5, 0.6) is 0 Å². The van der Waals surface area contributed by atoms with Crippen molar-refractivity contribution in [2.45, 2.75) is 13.3 Å². The molecule has 0 radical (unpaired) electrons. The van der Waals surface area contributed by atoms with Crippen LogP contribution in [0.4, 0.5) is 0 Å². The van der Waals surface area contributed by atoms with Crippen molar-refractivity contribution in [2.75, 3.05) is 0 Å². The van der Waals surface area contributed by atoms with Crippen molar-refractivity contribution in [1.29, 1.82) is 0 Å². The van der Waals surface area contributed by atoms with Crippen molar-refractivity contribution in [3.8, 4) is 10.4 Å². The van der Waals surface area contributed by atoms with E-state index in [9.17, 15) is 0 Å². The molecule has 0 atom stereocenters. The van der Waals surface area contributed by atoms with Crippen LogP contribution in [0.3, 0.4) is 0 Å². The Bertz CT molecular complexity index is 464. The molecule has 1 heterocycles. The van der Waals surface area contributed by atoms with Crippen molar-refractivity contribution >= 4 is 27.3 Å². The average molecular weight is 441 g/mol. The second-order valence-electron chi connectivity index (χ2n) is 3.40. The van der Waals surface area contributed by atoms with Gasteiger partial charge in [0.2, 0.25) is 0 Å². The Morgan fingerprint density at radius 3 is 2.50 bits per heavy atom. The smallest absolute Gasteiger partial charge is 1.00 e.